The summed E-state index contributed by atoms with van der Waals surface area (Å²) in [7, 11) is 2.96. The Morgan fingerprint density at radius 3 is 2.55 bits per heavy atom. The quantitative estimate of drug-likeness (QED) is 0.394. The van der Waals surface area contributed by atoms with Crippen LogP contribution in [-0.4, -0.2) is 60.2 Å². The average molecular weight is 426 g/mol. The first kappa shape index (κ1) is 22.3. The number of ketones is 1. The van der Waals surface area contributed by atoms with Crippen molar-refractivity contribution >= 4 is 17.4 Å². The molecule has 0 aliphatic carbocycles. The van der Waals surface area contributed by atoms with E-state index in [0.717, 1.165) is 0 Å². The highest BCUT2D eigenvalue weighted by molar-refractivity contribution is 6.46. The largest absolute Gasteiger partial charge is 0.507 e. The zero-order valence-electron chi connectivity index (χ0n) is 18.0. The molecule has 8 heteroatoms. The monoisotopic (exact) mass is 426 g/mol. The molecule has 0 radical (unpaired) electrons. The molecule has 2 aromatic rings. The van der Waals surface area contributed by atoms with Crippen LogP contribution in [0.4, 0.5) is 0 Å². The number of nitrogens with zero attached hydrogens (tertiary/aromatic N) is 2. The van der Waals surface area contributed by atoms with Crippen molar-refractivity contribution in [3.05, 3.63) is 59.4 Å². The molecule has 1 aliphatic heterocycles. The van der Waals surface area contributed by atoms with Gasteiger partial charge in [0.05, 0.1) is 43.8 Å². The number of likely N-dealkylation sites (tertiary alicyclic amines) is 1. The number of aliphatic hydroxyl groups is 1. The number of aromatic nitrogens is 1. The smallest absolute Gasteiger partial charge is 0.295 e. The van der Waals surface area contributed by atoms with Crippen molar-refractivity contribution in [1.82, 2.24) is 9.88 Å². The van der Waals surface area contributed by atoms with Crippen LogP contribution in [0.5, 0.6) is 11.5 Å². The van der Waals surface area contributed by atoms with Gasteiger partial charge in [-0.3, -0.25) is 14.6 Å². The van der Waals surface area contributed by atoms with Crippen LogP contribution in [-0.2, 0) is 14.3 Å². The molecule has 8 nitrogen and oxygen atoms in total. The molecule has 1 atom stereocenters. The van der Waals surface area contributed by atoms with Gasteiger partial charge in [0, 0.05) is 18.8 Å². The van der Waals surface area contributed by atoms with Gasteiger partial charge in [-0.1, -0.05) is 6.07 Å². The predicted molar refractivity (Wildman–Crippen MR) is 114 cm³/mol. The molecular weight excluding hydrogens is 400 g/mol. The normalized spacial score (nSPS) is 18.0. The Hall–Kier alpha value is -3.39. The summed E-state index contributed by atoms with van der Waals surface area (Å²) < 4.78 is 16.1. The summed E-state index contributed by atoms with van der Waals surface area (Å²) in [5.41, 5.74) is 0.706. The van der Waals surface area contributed by atoms with Gasteiger partial charge < -0.3 is 24.2 Å². The SMILES string of the molecule is COc1ccc(/C(O)=C2/C(=O)C(=O)N(CCOC(C)C)C2c2ccccn2)c(OC)c1. The van der Waals surface area contributed by atoms with E-state index in [0.29, 0.717) is 17.2 Å². The third-order valence-electron chi connectivity index (χ3n) is 4.96. The molecule has 1 aliphatic rings. The van der Waals surface area contributed by atoms with Gasteiger partial charge in [-0.25, -0.2) is 0 Å². The molecule has 0 bridgehead atoms. The van der Waals surface area contributed by atoms with E-state index in [2.05, 4.69) is 4.98 Å². The standard InChI is InChI=1S/C23H26N2O6/c1-14(2)31-12-11-25-20(17-7-5-6-10-24-17)19(22(27)23(25)28)21(26)16-9-8-15(29-3)13-18(16)30-4/h5-10,13-14,20,26H,11-12H2,1-4H3/b21-19-. The lowest BCUT2D eigenvalue weighted by atomic mass is 9.97. The van der Waals surface area contributed by atoms with Crippen LogP contribution >= 0.6 is 0 Å². The van der Waals surface area contributed by atoms with E-state index in [1.165, 1.54) is 19.1 Å². The first-order chi connectivity index (χ1) is 14.9. The summed E-state index contributed by atoms with van der Waals surface area (Å²) in [6.45, 7) is 4.21. The Bertz CT molecular complexity index is 987. The molecule has 31 heavy (non-hydrogen) atoms. The van der Waals surface area contributed by atoms with Gasteiger partial charge in [-0.05, 0) is 38.1 Å². The molecule has 1 N–H and O–H groups in total. The number of ether oxygens (including phenoxy) is 3. The first-order valence-electron chi connectivity index (χ1n) is 9.92. The third-order valence-corrected chi connectivity index (χ3v) is 4.96. The summed E-state index contributed by atoms with van der Waals surface area (Å²) in [4.78, 5) is 31.6. The maximum Gasteiger partial charge on any atom is 0.295 e. The number of carbonyl (C=O) groups is 2. The molecule has 1 saturated heterocycles. The summed E-state index contributed by atoms with van der Waals surface area (Å²) in [6.07, 6.45) is 1.56. The number of hydrogen-bond acceptors (Lipinski definition) is 7. The lowest BCUT2D eigenvalue weighted by Crippen LogP contribution is -2.33. The Balaban J connectivity index is 2.12. The fourth-order valence-corrected chi connectivity index (χ4v) is 3.48. The average Bonchev–Trinajstić information content (AvgIpc) is 3.03. The van der Waals surface area contributed by atoms with Crippen LogP contribution in [0.15, 0.2) is 48.2 Å². The number of hydrogen-bond donors (Lipinski definition) is 1. The van der Waals surface area contributed by atoms with Crippen LogP contribution in [0, 0.1) is 0 Å². The molecule has 1 unspecified atom stereocenters. The van der Waals surface area contributed by atoms with E-state index in [1.807, 2.05) is 13.8 Å². The molecular formula is C23H26N2O6. The zero-order chi connectivity index (χ0) is 22.5. The lowest BCUT2D eigenvalue weighted by Gasteiger charge is -2.25. The van der Waals surface area contributed by atoms with E-state index in [1.54, 1.807) is 42.6 Å². The van der Waals surface area contributed by atoms with Crippen molar-refractivity contribution in [3.63, 3.8) is 0 Å². The maximum absolute atomic E-state index is 13.0. The lowest BCUT2D eigenvalue weighted by molar-refractivity contribution is -0.140. The third kappa shape index (κ3) is 4.54. The van der Waals surface area contributed by atoms with Crippen molar-refractivity contribution in [3.8, 4) is 11.5 Å². The van der Waals surface area contributed by atoms with Crippen LogP contribution in [0.25, 0.3) is 5.76 Å². The molecule has 1 amide bonds. The number of aliphatic hydroxyl groups excluding tert-OH is 1. The zero-order valence-corrected chi connectivity index (χ0v) is 18.0. The molecule has 164 valence electrons. The number of Topliss-reactive ketones (excluding diaryl/α,β-unsaturated/α-hetero) is 1. The van der Waals surface area contributed by atoms with Crippen molar-refractivity contribution < 1.29 is 28.9 Å². The van der Waals surface area contributed by atoms with Crippen molar-refractivity contribution in [2.24, 2.45) is 0 Å². The van der Waals surface area contributed by atoms with E-state index in [4.69, 9.17) is 14.2 Å². The number of amides is 1. The molecule has 0 spiro atoms. The molecule has 2 heterocycles. The number of carbonyl (C=O) groups excluding carboxylic acids is 2. The minimum atomic E-state index is -0.844. The second-order valence-electron chi connectivity index (χ2n) is 7.23. The van der Waals surface area contributed by atoms with Crippen LogP contribution in [0.2, 0.25) is 0 Å². The highest BCUT2D eigenvalue weighted by atomic mass is 16.5. The Morgan fingerprint density at radius 1 is 1.16 bits per heavy atom. The van der Waals surface area contributed by atoms with E-state index in [-0.39, 0.29) is 36.2 Å². The first-order valence-corrected chi connectivity index (χ1v) is 9.92. The Kier molecular flexibility index (Phi) is 6.91. The summed E-state index contributed by atoms with van der Waals surface area (Å²) in [5.74, 6) is -0.986. The highest BCUT2D eigenvalue weighted by Crippen LogP contribution is 2.40. The van der Waals surface area contributed by atoms with E-state index < -0.39 is 17.7 Å². The summed E-state index contributed by atoms with van der Waals surface area (Å²) >= 11 is 0. The fraction of sp³-hybridized carbons (Fsp3) is 0.348. The Morgan fingerprint density at radius 2 is 1.94 bits per heavy atom. The van der Waals surface area contributed by atoms with Gasteiger partial charge in [0.25, 0.3) is 11.7 Å². The van der Waals surface area contributed by atoms with Gasteiger partial charge >= 0.3 is 0 Å². The number of pyridine rings is 1. The highest BCUT2D eigenvalue weighted by Gasteiger charge is 2.46. The van der Waals surface area contributed by atoms with Gasteiger partial charge in [0.15, 0.2) is 0 Å². The number of benzene rings is 1. The van der Waals surface area contributed by atoms with Gasteiger partial charge in [0.1, 0.15) is 23.3 Å². The van der Waals surface area contributed by atoms with Crippen molar-refractivity contribution in [2.45, 2.75) is 26.0 Å². The molecule has 0 saturated carbocycles. The maximum atomic E-state index is 13.0. The van der Waals surface area contributed by atoms with Crippen molar-refractivity contribution in [1.29, 1.82) is 0 Å². The minimum Gasteiger partial charge on any atom is -0.507 e. The predicted octanol–water partition coefficient (Wildman–Crippen LogP) is 2.95. The Labute approximate surface area is 181 Å². The molecule has 1 aromatic carbocycles. The summed E-state index contributed by atoms with van der Waals surface area (Å²) in [5, 5.41) is 11.1. The number of methoxy groups -OCH3 is 2. The topological polar surface area (TPSA) is 98.2 Å². The van der Waals surface area contributed by atoms with Gasteiger partial charge in [-0.2, -0.15) is 0 Å². The van der Waals surface area contributed by atoms with E-state index in [9.17, 15) is 14.7 Å². The van der Waals surface area contributed by atoms with Gasteiger partial charge in [-0.15, -0.1) is 0 Å². The van der Waals surface area contributed by atoms with E-state index >= 15 is 0 Å². The second-order valence-corrected chi connectivity index (χ2v) is 7.23. The fourth-order valence-electron chi connectivity index (χ4n) is 3.48. The summed E-state index contributed by atoms with van der Waals surface area (Å²) in [6, 6.07) is 9.19. The van der Waals surface area contributed by atoms with Crippen LogP contribution in [0.1, 0.15) is 31.1 Å². The second kappa shape index (κ2) is 9.61. The molecule has 1 aromatic heterocycles. The van der Waals surface area contributed by atoms with Gasteiger partial charge in [0.2, 0.25) is 0 Å². The number of rotatable bonds is 8. The molecule has 1 fully saturated rings. The minimum absolute atomic E-state index is 0.0197. The van der Waals surface area contributed by atoms with Crippen LogP contribution in [0.3, 0.4) is 0 Å². The molecule has 3 rings (SSSR count). The van der Waals surface area contributed by atoms with Crippen molar-refractivity contribution in [2.75, 3.05) is 27.4 Å². The van der Waals surface area contributed by atoms with Crippen LogP contribution < -0.4 is 9.47 Å².